The summed E-state index contributed by atoms with van der Waals surface area (Å²) in [5, 5.41) is 3.58. The monoisotopic (exact) mass is 751 g/mol. The van der Waals surface area contributed by atoms with Crippen molar-refractivity contribution < 1.29 is 22.0 Å². The van der Waals surface area contributed by atoms with E-state index in [1.54, 1.807) is 0 Å². The third-order valence-corrected chi connectivity index (χ3v) is 10.7. The molecule has 0 unspecified atom stereocenters. The topological polar surface area (TPSA) is 14.2 Å². The van der Waals surface area contributed by atoms with Crippen molar-refractivity contribution in [2.24, 2.45) is 0 Å². The second kappa shape index (κ2) is 13.1. The summed E-state index contributed by atoms with van der Waals surface area (Å²) in [4.78, 5) is 3.64. The first kappa shape index (κ1) is 34.0. The molecule has 0 fully saturated rings. The smallest absolute Gasteiger partial charge is 0.200 e. The Bertz CT molecular complexity index is 3280. The lowest BCUT2D eigenvalue weighted by Crippen LogP contribution is -2.07. The molecular weight excluding hydrogens is 726 g/mol. The molecular formula is C49H26F5N3. The van der Waals surface area contributed by atoms with Gasteiger partial charge in [0.25, 0.3) is 0 Å². The van der Waals surface area contributed by atoms with Gasteiger partial charge >= 0.3 is 0 Å². The molecule has 3 nitrogen and oxygen atoms in total. The first-order valence-electron chi connectivity index (χ1n) is 18.1. The van der Waals surface area contributed by atoms with Crippen molar-refractivity contribution in [2.75, 3.05) is 0 Å². The molecule has 0 spiro atoms. The second-order valence-corrected chi connectivity index (χ2v) is 13.8. The van der Waals surface area contributed by atoms with E-state index in [-0.39, 0.29) is 5.69 Å². The Balaban J connectivity index is 1.35. The fraction of sp³-hybridized carbons (Fsp3) is 0. The average molecular weight is 752 g/mol. The zero-order valence-corrected chi connectivity index (χ0v) is 29.7. The lowest BCUT2D eigenvalue weighted by molar-refractivity contribution is 0.381. The van der Waals surface area contributed by atoms with E-state index in [2.05, 4.69) is 17.0 Å². The van der Waals surface area contributed by atoms with Crippen molar-refractivity contribution in [3.63, 3.8) is 0 Å². The van der Waals surface area contributed by atoms with Crippen LogP contribution in [0, 0.1) is 35.7 Å². The van der Waals surface area contributed by atoms with Crippen LogP contribution in [0.1, 0.15) is 0 Å². The van der Waals surface area contributed by atoms with Crippen molar-refractivity contribution in [1.82, 2.24) is 9.13 Å². The molecule has 10 aromatic rings. The summed E-state index contributed by atoms with van der Waals surface area (Å²) in [5.41, 5.74) is 5.92. The zero-order valence-electron chi connectivity index (χ0n) is 29.7. The van der Waals surface area contributed by atoms with Gasteiger partial charge in [0.05, 0.1) is 40.0 Å². The van der Waals surface area contributed by atoms with Gasteiger partial charge in [0.1, 0.15) is 0 Å². The normalized spacial score (nSPS) is 11.6. The molecule has 0 aliphatic carbocycles. The van der Waals surface area contributed by atoms with Crippen LogP contribution < -0.4 is 0 Å². The van der Waals surface area contributed by atoms with Gasteiger partial charge in [0, 0.05) is 27.1 Å². The van der Waals surface area contributed by atoms with Gasteiger partial charge in [-0.15, -0.1) is 0 Å². The first-order valence-corrected chi connectivity index (χ1v) is 18.1. The largest absolute Gasteiger partial charge is 0.308 e. The van der Waals surface area contributed by atoms with E-state index in [1.807, 2.05) is 143 Å². The summed E-state index contributed by atoms with van der Waals surface area (Å²) in [6, 6.07) is 50.3. The Kier molecular flexibility index (Phi) is 7.80. The van der Waals surface area contributed by atoms with Crippen LogP contribution in [0.3, 0.4) is 0 Å². The van der Waals surface area contributed by atoms with Gasteiger partial charge in [-0.25, -0.2) is 26.8 Å². The Morgan fingerprint density at radius 2 is 0.772 bits per heavy atom. The number of nitrogens with zero attached hydrogens (tertiary/aromatic N) is 3. The number of rotatable bonds is 5. The molecule has 0 aliphatic rings. The molecule has 0 radical (unpaired) electrons. The summed E-state index contributed by atoms with van der Waals surface area (Å²) in [6.07, 6.45) is 0. The van der Waals surface area contributed by atoms with E-state index in [9.17, 15) is 13.2 Å². The molecule has 0 bridgehead atoms. The highest BCUT2D eigenvalue weighted by molar-refractivity contribution is 6.13. The molecule has 0 atom stereocenters. The van der Waals surface area contributed by atoms with Crippen molar-refractivity contribution in [3.8, 4) is 44.8 Å². The fourth-order valence-electron chi connectivity index (χ4n) is 8.14. The Hall–Kier alpha value is -7.50. The summed E-state index contributed by atoms with van der Waals surface area (Å²) in [6.45, 7) is 8.21. The molecule has 0 saturated heterocycles. The number of benzene rings is 8. The highest BCUT2D eigenvalue weighted by Crippen LogP contribution is 2.45. The summed E-state index contributed by atoms with van der Waals surface area (Å²) in [7, 11) is 0. The summed E-state index contributed by atoms with van der Waals surface area (Å²) in [5.74, 6) is -10.5. The minimum atomic E-state index is -2.27. The molecule has 0 amide bonds. The molecule has 0 aliphatic heterocycles. The van der Waals surface area contributed by atoms with Gasteiger partial charge < -0.3 is 9.13 Å². The number of fused-ring (bicyclic) bond motifs is 6. The SMILES string of the molecule is [C-]#[N+]c1cc(-n2c3ccccc3c3cc(-c4ccccc4)ccc32)c(-n2c3ccccc3c3cc(-c4ccccc4)ccc32)cc1-c1c(F)c(F)c(F)c(F)c1F. The third-order valence-electron chi connectivity index (χ3n) is 10.7. The molecule has 2 aromatic heterocycles. The van der Waals surface area contributed by atoms with Gasteiger partial charge in [-0.05, 0) is 76.3 Å². The van der Waals surface area contributed by atoms with Crippen LogP contribution in [0.25, 0.3) is 93.2 Å². The number of aromatic nitrogens is 2. The van der Waals surface area contributed by atoms with E-state index in [1.165, 1.54) is 12.1 Å². The average Bonchev–Trinajstić information content (AvgIpc) is 3.77. The van der Waals surface area contributed by atoms with Crippen LogP contribution in [-0.4, -0.2) is 9.13 Å². The Morgan fingerprint density at radius 1 is 0.368 bits per heavy atom. The summed E-state index contributed by atoms with van der Waals surface area (Å²) < 4.78 is 79.5. The lowest BCUT2D eigenvalue weighted by atomic mass is 9.99. The number of hydrogen-bond donors (Lipinski definition) is 0. The standard InChI is InChI=1S/C49H26F5N3/c1-55-37-27-43(57-39-19-11-9-17-33(39)35-25-31(21-23-41(35)57)29-14-6-3-7-15-29)42(26-36(37)44-45(50)47(52)49(54)48(53)46(44)51)56-38-18-10-8-16-32(38)34-24-30(20-22-40(34)56)28-12-4-2-5-13-28/h2-27H. The highest BCUT2D eigenvalue weighted by Gasteiger charge is 2.30. The van der Waals surface area contributed by atoms with Gasteiger partial charge in [-0.2, -0.15) is 0 Å². The van der Waals surface area contributed by atoms with Crippen molar-refractivity contribution in [2.45, 2.75) is 0 Å². The van der Waals surface area contributed by atoms with E-state index in [0.717, 1.165) is 65.9 Å². The van der Waals surface area contributed by atoms with Crippen LogP contribution in [0.15, 0.2) is 158 Å². The Labute approximate surface area is 322 Å². The van der Waals surface area contributed by atoms with Gasteiger partial charge in [0.15, 0.2) is 29.0 Å². The first-order chi connectivity index (χ1) is 27.8. The number of halogens is 5. The predicted molar refractivity (Wildman–Crippen MR) is 217 cm³/mol. The molecule has 0 N–H and O–H groups in total. The maximum atomic E-state index is 15.7. The predicted octanol–water partition coefficient (Wildman–Crippen LogP) is 14.1. The molecule has 0 saturated carbocycles. The van der Waals surface area contributed by atoms with Crippen LogP contribution in [0.5, 0.6) is 0 Å². The quantitative estimate of drug-likeness (QED) is 0.0720. The van der Waals surface area contributed by atoms with Crippen LogP contribution in [-0.2, 0) is 0 Å². The fourth-order valence-corrected chi connectivity index (χ4v) is 8.14. The van der Waals surface area contributed by atoms with E-state index in [0.29, 0.717) is 11.4 Å². The zero-order chi connectivity index (χ0) is 38.9. The van der Waals surface area contributed by atoms with Crippen LogP contribution >= 0.6 is 0 Å². The summed E-state index contributed by atoms with van der Waals surface area (Å²) >= 11 is 0. The van der Waals surface area contributed by atoms with Crippen molar-refractivity contribution in [1.29, 1.82) is 0 Å². The molecule has 8 aromatic carbocycles. The van der Waals surface area contributed by atoms with Crippen LogP contribution in [0.2, 0.25) is 0 Å². The molecule has 272 valence electrons. The maximum Gasteiger partial charge on any atom is 0.200 e. The van der Waals surface area contributed by atoms with Crippen molar-refractivity contribution >= 4 is 49.3 Å². The van der Waals surface area contributed by atoms with Gasteiger partial charge in [0.2, 0.25) is 5.82 Å². The molecule has 57 heavy (non-hydrogen) atoms. The minimum Gasteiger partial charge on any atom is -0.308 e. The van der Waals surface area contributed by atoms with Gasteiger partial charge in [-0.1, -0.05) is 109 Å². The number of para-hydroxylation sites is 2. The van der Waals surface area contributed by atoms with Crippen molar-refractivity contribution in [3.05, 3.63) is 198 Å². The van der Waals surface area contributed by atoms with Crippen LogP contribution in [0.4, 0.5) is 27.6 Å². The molecule has 2 heterocycles. The van der Waals surface area contributed by atoms with E-state index >= 15 is 8.78 Å². The van der Waals surface area contributed by atoms with E-state index in [4.69, 9.17) is 6.57 Å². The minimum absolute atomic E-state index is 0.295. The van der Waals surface area contributed by atoms with E-state index < -0.39 is 40.2 Å². The van der Waals surface area contributed by atoms with Gasteiger partial charge in [-0.3, -0.25) is 0 Å². The number of hydrogen-bond acceptors (Lipinski definition) is 0. The second-order valence-electron chi connectivity index (χ2n) is 13.8. The lowest BCUT2D eigenvalue weighted by Gasteiger charge is -2.20. The molecule has 8 heteroatoms. The third kappa shape index (κ3) is 5.16. The Morgan fingerprint density at radius 3 is 1.25 bits per heavy atom. The highest BCUT2D eigenvalue weighted by atomic mass is 19.2. The maximum absolute atomic E-state index is 15.7. The molecule has 10 rings (SSSR count).